The van der Waals surface area contributed by atoms with E-state index in [1.807, 2.05) is 6.07 Å². The maximum Gasteiger partial charge on any atom is 0.210 e. The van der Waals surface area contributed by atoms with E-state index in [1.165, 1.54) is 7.11 Å². The Morgan fingerprint density at radius 1 is 1.09 bits per heavy atom. The standard InChI is InChI=1S/C17H19NO3S/c1-21-17-15(13-10-11-18-12-13)8-5-9-16(17)22(19,20)14-6-3-2-4-7-14/h2-9,13,18H,10-12H2,1H3. The Kier molecular flexibility index (Phi) is 4.18. The van der Waals surface area contributed by atoms with E-state index in [4.69, 9.17) is 4.74 Å². The normalized spacial score (nSPS) is 18.3. The molecule has 1 N–H and O–H groups in total. The third-order valence-corrected chi connectivity index (χ3v) is 5.85. The van der Waals surface area contributed by atoms with Crippen LogP contribution in [0.2, 0.25) is 0 Å². The summed E-state index contributed by atoms with van der Waals surface area (Å²) in [5.74, 6) is 0.765. The lowest BCUT2D eigenvalue weighted by Gasteiger charge is -2.17. The second-order valence-electron chi connectivity index (χ2n) is 5.38. The van der Waals surface area contributed by atoms with Gasteiger partial charge < -0.3 is 10.1 Å². The second-order valence-corrected chi connectivity index (χ2v) is 7.30. The minimum atomic E-state index is -3.58. The van der Waals surface area contributed by atoms with Crippen LogP contribution in [0.1, 0.15) is 17.9 Å². The number of ether oxygens (including phenoxy) is 1. The quantitative estimate of drug-likeness (QED) is 0.942. The van der Waals surface area contributed by atoms with Crippen LogP contribution >= 0.6 is 0 Å². The topological polar surface area (TPSA) is 55.4 Å². The van der Waals surface area contributed by atoms with Gasteiger partial charge in [0.05, 0.1) is 12.0 Å². The van der Waals surface area contributed by atoms with Gasteiger partial charge in [-0.15, -0.1) is 0 Å². The highest BCUT2D eigenvalue weighted by molar-refractivity contribution is 7.91. The minimum Gasteiger partial charge on any atom is -0.495 e. The fraction of sp³-hybridized carbons (Fsp3) is 0.294. The van der Waals surface area contributed by atoms with Gasteiger partial charge in [0.1, 0.15) is 10.6 Å². The van der Waals surface area contributed by atoms with Crippen molar-refractivity contribution >= 4 is 9.84 Å². The maximum absolute atomic E-state index is 12.9. The summed E-state index contributed by atoms with van der Waals surface area (Å²) in [5.41, 5.74) is 0.963. The highest BCUT2D eigenvalue weighted by atomic mass is 32.2. The molecule has 1 aliphatic heterocycles. The lowest BCUT2D eigenvalue weighted by molar-refractivity contribution is 0.394. The molecule has 0 radical (unpaired) electrons. The molecule has 3 rings (SSSR count). The fourth-order valence-electron chi connectivity index (χ4n) is 2.93. The van der Waals surface area contributed by atoms with Gasteiger partial charge in [-0.05, 0) is 36.7 Å². The lowest BCUT2D eigenvalue weighted by atomic mass is 9.97. The van der Waals surface area contributed by atoms with Gasteiger partial charge in [0.25, 0.3) is 0 Å². The number of benzene rings is 2. The first-order valence-corrected chi connectivity index (χ1v) is 8.80. The van der Waals surface area contributed by atoms with E-state index in [-0.39, 0.29) is 9.79 Å². The number of hydrogen-bond acceptors (Lipinski definition) is 4. The van der Waals surface area contributed by atoms with E-state index < -0.39 is 9.84 Å². The van der Waals surface area contributed by atoms with Gasteiger partial charge in [0, 0.05) is 12.5 Å². The molecule has 1 aliphatic rings. The first-order chi connectivity index (χ1) is 10.6. The Balaban J connectivity index is 2.13. The largest absolute Gasteiger partial charge is 0.495 e. The van der Waals surface area contributed by atoms with E-state index in [0.29, 0.717) is 11.7 Å². The van der Waals surface area contributed by atoms with Gasteiger partial charge in [0.2, 0.25) is 9.84 Å². The van der Waals surface area contributed by atoms with Crippen molar-refractivity contribution in [1.82, 2.24) is 5.32 Å². The third-order valence-electron chi connectivity index (χ3n) is 4.06. The van der Waals surface area contributed by atoms with E-state index in [1.54, 1.807) is 42.5 Å². The summed E-state index contributed by atoms with van der Waals surface area (Å²) in [5, 5.41) is 3.31. The van der Waals surface area contributed by atoms with Gasteiger partial charge >= 0.3 is 0 Å². The average molecular weight is 317 g/mol. The van der Waals surface area contributed by atoms with Crippen molar-refractivity contribution in [2.45, 2.75) is 22.1 Å². The molecule has 2 aromatic rings. The zero-order valence-corrected chi connectivity index (χ0v) is 13.3. The van der Waals surface area contributed by atoms with Crippen molar-refractivity contribution in [3.63, 3.8) is 0 Å². The summed E-state index contributed by atoms with van der Waals surface area (Å²) in [6, 6.07) is 13.8. The van der Waals surface area contributed by atoms with Crippen LogP contribution in [0.25, 0.3) is 0 Å². The molecule has 1 heterocycles. The molecule has 0 saturated carbocycles. The number of methoxy groups -OCH3 is 1. The monoisotopic (exact) mass is 317 g/mol. The zero-order valence-electron chi connectivity index (χ0n) is 12.5. The van der Waals surface area contributed by atoms with E-state index in [2.05, 4.69) is 5.32 Å². The van der Waals surface area contributed by atoms with Crippen LogP contribution < -0.4 is 10.1 Å². The molecular weight excluding hydrogens is 298 g/mol. The molecule has 1 atom stereocenters. The van der Waals surface area contributed by atoms with Gasteiger partial charge in [-0.3, -0.25) is 0 Å². The number of para-hydroxylation sites is 1. The number of rotatable bonds is 4. The molecule has 1 unspecified atom stereocenters. The van der Waals surface area contributed by atoms with Crippen molar-refractivity contribution in [1.29, 1.82) is 0 Å². The van der Waals surface area contributed by atoms with E-state index >= 15 is 0 Å². The zero-order chi connectivity index (χ0) is 15.6. The van der Waals surface area contributed by atoms with Crippen LogP contribution in [-0.4, -0.2) is 28.6 Å². The summed E-state index contributed by atoms with van der Waals surface area (Å²) >= 11 is 0. The molecule has 1 fully saturated rings. The van der Waals surface area contributed by atoms with Crippen LogP contribution in [0.4, 0.5) is 0 Å². The Morgan fingerprint density at radius 3 is 2.50 bits per heavy atom. The molecule has 1 saturated heterocycles. The summed E-state index contributed by atoms with van der Waals surface area (Å²) in [6.07, 6.45) is 0.991. The molecular formula is C17H19NO3S. The third kappa shape index (κ3) is 2.62. The molecule has 0 spiro atoms. The fourth-order valence-corrected chi connectivity index (χ4v) is 4.40. The second kappa shape index (κ2) is 6.10. The SMILES string of the molecule is COc1c(C2CCNC2)cccc1S(=O)(=O)c1ccccc1. The number of nitrogens with one attached hydrogen (secondary N) is 1. The van der Waals surface area contributed by atoms with E-state index in [9.17, 15) is 8.42 Å². The molecule has 116 valence electrons. The molecule has 4 nitrogen and oxygen atoms in total. The van der Waals surface area contributed by atoms with Crippen LogP contribution in [0, 0.1) is 0 Å². The molecule has 0 aromatic heterocycles. The predicted octanol–water partition coefficient (Wildman–Crippen LogP) is 2.60. The Labute approximate surface area is 131 Å². The average Bonchev–Trinajstić information content (AvgIpc) is 3.09. The Bertz CT molecular complexity index is 751. The lowest BCUT2D eigenvalue weighted by Crippen LogP contribution is -2.11. The first kappa shape index (κ1) is 15.1. The van der Waals surface area contributed by atoms with Gasteiger partial charge in [-0.25, -0.2) is 8.42 Å². The molecule has 5 heteroatoms. The highest BCUT2D eigenvalue weighted by Crippen LogP contribution is 2.37. The predicted molar refractivity (Wildman–Crippen MR) is 85.1 cm³/mol. The highest BCUT2D eigenvalue weighted by Gasteiger charge is 2.27. The van der Waals surface area contributed by atoms with Crippen molar-refractivity contribution < 1.29 is 13.2 Å². The maximum atomic E-state index is 12.9. The molecule has 0 bridgehead atoms. The molecule has 0 aliphatic carbocycles. The number of hydrogen-bond donors (Lipinski definition) is 1. The van der Waals surface area contributed by atoms with Crippen molar-refractivity contribution in [2.75, 3.05) is 20.2 Å². The number of sulfone groups is 1. The smallest absolute Gasteiger partial charge is 0.210 e. The van der Waals surface area contributed by atoms with Crippen LogP contribution in [0.5, 0.6) is 5.75 Å². The van der Waals surface area contributed by atoms with E-state index in [0.717, 1.165) is 25.1 Å². The van der Waals surface area contributed by atoms with Crippen LogP contribution in [-0.2, 0) is 9.84 Å². The van der Waals surface area contributed by atoms with Crippen molar-refractivity contribution in [2.24, 2.45) is 0 Å². The Hall–Kier alpha value is -1.85. The van der Waals surface area contributed by atoms with Gasteiger partial charge in [-0.1, -0.05) is 30.3 Å². The minimum absolute atomic E-state index is 0.241. The summed E-state index contributed by atoms with van der Waals surface area (Å²) in [6.45, 7) is 1.80. The first-order valence-electron chi connectivity index (χ1n) is 7.32. The Morgan fingerprint density at radius 2 is 1.86 bits per heavy atom. The van der Waals surface area contributed by atoms with Crippen LogP contribution in [0.15, 0.2) is 58.3 Å². The molecule has 0 amide bonds. The summed E-state index contributed by atoms with van der Waals surface area (Å²) in [4.78, 5) is 0.528. The molecule has 2 aromatic carbocycles. The summed E-state index contributed by atoms with van der Waals surface area (Å²) in [7, 11) is -2.05. The summed E-state index contributed by atoms with van der Waals surface area (Å²) < 4.78 is 31.3. The van der Waals surface area contributed by atoms with Crippen molar-refractivity contribution in [3.05, 3.63) is 54.1 Å². The van der Waals surface area contributed by atoms with Gasteiger partial charge in [0.15, 0.2) is 0 Å². The van der Waals surface area contributed by atoms with Crippen molar-refractivity contribution in [3.8, 4) is 5.75 Å². The van der Waals surface area contributed by atoms with Crippen LogP contribution in [0.3, 0.4) is 0 Å². The molecule has 22 heavy (non-hydrogen) atoms. The van der Waals surface area contributed by atoms with Gasteiger partial charge in [-0.2, -0.15) is 0 Å².